The Kier molecular flexibility index (Phi) is 2.56. The zero-order valence-electron chi connectivity index (χ0n) is 7.19. The monoisotopic (exact) mass is 175 g/mol. The van der Waals surface area contributed by atoms with Crippen LogP contribution in [0.15, 0.2) is 24.3 Å². The number of rotatable bonds is 1. The maximum absolute atomic E-state index is 11.0. The standard InChI is InChI=1S/C10H9NO2/c1-3-10(13)11(2)8-4-6-9(12)7-5-8/h1,4-7,12H,2H3. The minimum atomic E-state index is -0.411. The average molecular weight is 175 g/mol. The Bertz CT molecular complexity index is 348. The molecule has 0 fully saturated rings. The molecule has 0 saturated heterocycles. The van der Waals surface area contributed by atoms with E-state index >= 15 is 0 Å². The van der Waals surface area contributed by atoms with Crippen molar-refractivity contribution in [3.63, 3.8) is 0 Å². The van der Waals surface area contributed by atoms with E-state index in [1.807, 2.05) is 5.92 Å². The molecule has 1 aromatic rings. The number of carbonyl (C=O) groups is 1. The second kappa shape index (κ2) is 3.63. The largest absolute Gasteiger partial charge is 0.508 e. The third kappa shape index (κ3) is 2.00. The number of anilines is 1. The van der Waals surface area contributed by atoms with Crippen LogP contribution in [0.5, 0.6) is 5.75 Å². The second-order valence-electron chi connectivity index (χ2n) is 2.52. The van der Waals surface area contributed by atoms with Crippen molar-refractivity contribution in [3.05, 3.63) is 24.3 Å². The first-order valence-corrected chi connectivity index (χ1v) is 3.68. The molecule has 1 N–H and O–H groups in total. The van der Waals surface area contributed by atoms with E-state index in [0.29, 0.717) is 5.69 Å². The molecular formula is C10H9NO2. The number of phenolic OH excluding ortho intramolecular Hbond substituents is 1. The molecule has 0 aromatic heterocycles. The summed E-state index contributed by atoms with van der Waals surface area (Å²) in [4.78, 5) is 12.4. The number of hydrogen-bond donors (Lipinski definition) is 1. The summed E-state index contributed by atoms with van der Waals surface area (Å²) in [5.74, 6) is 1.75. The Morgan fingerprint density at radius 1 is 1.46 bits per heavy atom. The molecule has 0 bridgehead atoms. The first kappa shape index (κ1) is 9.14. The molecule has 0 aliphatic heterocycles. The van der Waals surface area contributed by atoms with E-state index in [1.54, 1.807) is 19.2 Å². The first-order chi connectivity index (χ1) is 6.15. The van der Waals surface area contributed by atoms with Crippen LogP contribution >= 0.6 is 0 Å². The van der Waals surface area contributed by atoms with Gasteiger partial charge in [-0.05, 0) is 30.2 Å². The SMILES string of the molecule is C#CC(=O)N(C)c1ccc(O)cc1. The number of phenols is 1. The Morgan fingerprint density at radius 2 is 2.00 bits per heavy atom. The molecule has 1 aromatic carbocycles. The number of hydrogen-bond acceptors (Lipinski definition) is 2. The van der Waals surface area contributed by atoms with Gasteiger partial charge in [-0.3, -0.25) is 4.79 Å². The Labute approximate surface area is 76.6 Å². The number of aromatic hydroxyl groups is 1. The van der Waals surface area contributed by atoms with E-state index < -0.39 is 5.91 Å². The van der Waals surface area contributed by atoms with E-state index in [1.165, 1.54) is 17.0 Å². The fourth-order valence-electron chi connectivity index (χ4n) is 0.890. The fourth-order valence-corrected chi connectivity index (χ4v) is 0.890. The molecule has 0 heterocycles. The first-order valence-electron chi connectivity index (χ1n) is 3.68. The van der Waals surface area contributed by atoms with Gasteiger partial charge < -0.3 is 10.0 Å². The topological polar surface area (TPSA) is 40.5 Å². The lowest BCUT2D eigenvalue weighted by molar-refractivity contribution is -0.113. The van der Waals surface area contributed by atoms with Crippen LogP contribution in [0, 0.1) is 12.3 Å². The summed E-state index contributed by atoms with van der Waals surface area (Å²) in [7, 11) is 1.58. The minimum absolute atomic E-state index is 0.158. The van der Waals surface area contributed by atoms with E-state index in [4.69, 9.17) is 11.5 Å². The highest BCUT2D eigenvalue weighted by Gasteiger charge is 2.06. The van der Waals surface area contributed by atoms with Crippen LogP contribution in [-0.2, 0) is 4.79 Å². The summed E-state index contributed by atoms with van der Waals surface area (Å²) < 4.78 is 0. The van der Waals surface area contributed by atoms with E-state index in [9.17, 15) is 4.79 Å². The predicted octanol–water partition coefficient (Wildman–Crippen LogP) is 0.988. The van der Waals surface area contributed by atoms with Crippen LogP contribution in [0.2, 0.25) is 0 Å². The van der Waals surface area contributed by atoms with Crippen LogP contribution in [0.25, 0.3) is 0 Å². The lowest BCUT2D eigenvalue weighted by Crippen LogP contribution is -2.23. The zero-order chi connectivity index (χ0) is 9.84. The Balaban J connectivity index is 2.91. The van der Waals surface area contributed by atoms with Crippen molar-refractivity contribution in [2.45, 2.75) is 0 Å². The molecule has 1 amide bonds. The van der Waals surface area contributed by atoms with Gasteiger partial charge in [-0.1, -0.05) is 0 Å². The minimum Gasteiger partial charge on any atom is -0.508 e. The van der Waals surface area contributed by atoms with Crippen molar-refractivity contribution in [3.8, 4) is 18.1 Å². The van der Waals surface area contributed by atoms with Gasteiger partial charge in [-0.25, -0.2) is 0 Å². The van der Waals surface area contributed by atoms with Crippen molar-refractivity contribution in [2.24, 2.45) is 0 Å². The predicted molar refractivity (Wildman–Crippen MR) is 50.3 cm³/mol. The van der Waals surface area contributed by atoms with Crippen LogP contribution in [0.1, 0.15) is 0 Å². The third-order valence-corrected chi connectivity index (χ3v) is 1.67. The highest BCUT2D eigenvalue weighted by atomic mass is 16.3. The molecule has 66 valence electrons. The lowest BCUT2D eigenvalue weighted by Gasteiger charge is -2.13. The van der Waals surface area contributed by atoms with Crippen molar-refractivity contribution >= 4 is 11.6 Å². The van der Waals surface area contributed by atoms with Crippen LogP contribution in [0.4, 0.5) is 5.69 Å². The van der Waals surface area contributed by atoms with Crippen molar-refractivity contribution < 1.29 is 9.90 Å². The molecule has 0 aliphatic carbocycles. The summed E-state index contributed by atoms with van der Waals surface area (Å²) >= 11 is 0. The van der Waals surface area contributed by atoms with E-state index in [0.717, 1.165) is 0 Å². The fraction of sp³-hybridized carbons (Fsp3) is 0.100. The zero-order valence-corrected chi connectivity index (χ0v) is 7.19. The van der Waals surface area contributed by atoms with Crippen molar-refractivity contribution in [1.82, 2.24) is 0 Å². The summed E-state index contributed by atoms with van der Waals surface area (Å²) in [5, 5.41) is 8.99. The van der Waals surface area contributed by atoms with Gasteiger partial charge in [-0.2, -0.15) is 0 Å². The summed E-state index contributed by atoms with van der Waals surface area (Å²) in [5.41, 5.74) is 0.653. The molecule has 3 heteroatoms. The Hall–Kier alpha value is -1.95. The summed E-state index contributed by atoms with van der Waals surface area (Å²) in [6.07, 6.45) is 4.95. The normalized spacial score (nSPS) is 8.92. The number of terminal acetylenes is 1. The molecule has 13 heavy (non-hydrogen) atoms. The van der Waals surface area contributed by atoms with E-state index in [-0.39, 0.29) is 5.75 Å². The maximum Gasteiger partial charge on any atom is 0.302 e. The quantitative estimate of drug-likeness (QED) is 0.646. The number of carbonyl (C=O) groups excluding carboxylic acids is 1. The maximum atomic E-state index is 11.0. The van der Waals surface area contributed by atoms with E-state index in [2.05, 4.69) is 0 Å². The molecule has 3 nitrogen and oxygen atoms in total. The van der Waals surface area contributed by atoms with Crippen LogP contribution in [0.3, 0.4) is 0 Å². The molecule has 1 rings (SSSR count). The Morgan fingerprint density at radius 3 is 2.46 bits per heavy atom. The van der Waals surface area contributed by atoms with Crippen molar-refractivity contribution in [2.75, 3.05) is 11.9 Å². The van der Waals surface area contributed by atoms with Crippen LogP contribution < -0.4 is 4.90 Å². The van der Waals surface area contributed by atoms with Crippen LogP contribution in [-0.4, -0.2) is 18.1 Å². The molecule has 0 saturated carbocycles. The van der Waals surface area contributed by atoms with Gasteiger partial charge in [-0.15, -0.1) is 6.42 Å². The number of amides is 1. The van der Waals surface area contributed by atoms with Gasteiger partial charge in [0.25, 0.3) is 0 Å². The highest BCUT2D eigenvalue weighted by Crippen LogP contribution is 2.16. The molecule has 0 radical (unpaired) electrons. The second-order valence-corrected chi connectivity index (χ2v) is 2.52. The van der Waals surface area contributed by atoms with Gasteiger partial charge >= 0.3 is 5.91 Å². The molecule has 0 unspecified atom stereocenters. The molecular weight excluding hydrogens is 166 g/mol. The third-order valence-electron chi connectivity index (χ3n) is 1.67. The highest BCUT2D eigenvalue weighted by molar-refractivity contribution is 6.05. The van der Waals surface area contributed by atoms with Gasteiger partial charge in [0.1, 0.15) is 5.75 Å². The van der Waals surface area contributed by atoms with Gasteiger partial charge in [0.15, 0.2) is 0 Å². The summed E-state index contributed by atoms with van der Waals surface area (Å²) in [6.45, 7) is 0. The van der Waals surface area contributed by atoms with Gasteiger partial charge in [0, 0.05) is 12.7 Å². The average Bonchev–Trinajstić information content (AvgIpc) is 2.17. The smallest absolute Gasteiger partial charge is 0.302 e. The lowest BCUT2D eigenvalue weighted by atomic mass is 10.3. The molecule has 0 atom stereocenters. The molecule has 0 aliphatic rings. The summed E-state index contributed by atoms with van der Waals surface area (Å²) in [6, 6.07) is 6.22. The van der Waals surface area contributed by atoms with Crippen molar-refractivity contribution in [1.29, 1.82) is 0 Å². The number of benzene rings is 1. The van der Waals surface area contributed by atoms with Gasteiger partial charge in [0.2, 0.25) is 0 Å². The number of nitrogens with zero attached hydrogens (tertiary/aromatic N) is 1. The van der Waals surface area contributed by atoms with Gasteiger partial charge in [0.05, 0.1) is 0 Å². The molecule has 0 spiro atoms.